The zero-order valence-corrected chi connectivity index (χ0v) is 7.62. The maximum absolute atomic E-state index is 12.6. The van der Waals surface area contributed by atoms with Crippen LogP contribution in [0.25, 0.3) is 0 Å². The Morgan fingerprint density at radius 3 is 2.71 bits per heavy atom. The van der Waals surface area contributed by atoms with Crippen molar-refractivity contribution in [2.75, 3.05) is 5.88 Å². The molecule has 0 heterocycles. The lowest BCUT2D eigenvalue weighted by Gasteiger charge is -1.98. The summed E-state index contributed by atoms with van der Waals surface area (Å²) in [7, 11) is 0. The number of Topliss-reactive ketones (excluding diaryl/α,β-unsaturated/α-hetero) is 1. The Balaban J connectivity index is 3.28. The average molecular weight is 218 g/mol. The zero-order chi connectivity index (χ0) is 10.7. The van der Waals surface area contributed by atoms with Gasteiger partial charge in [0.2, 0.25) is 0 Å². The van der Waals surface area contributed by atoms with Gasteiger partial charge in [0.25, 0.3) is 5.69 Å². The Kier molecular flexibility index (Phi) is 3.14. The van der Waals surface area contributed by atoms with Crippen LogP contribution in [-0.2, 0) is 0 Å². The van der Waals surface area contributed by atoms with Crippen molar-refractivity contribution >= 4 is 23.1 Å². The van der Waals surface area contributed by atoms with Crippen molar-refractivity contribution in [3.05, 3.63) is 39.7 Å². The molecule has 1 aromatic carbocycles. The molecule has 0 spiro atoms. The summed E-state index contributed by atoms with van der Waals surface area (Å²) in [4.78, 5) is 20.7. The molecule has 0 saturated carbocycles. The van der Waals surface area contributed by atoms with Crippen molar-refractivity contribution in [2.45, 2.75) is 0 Å². The lowest BCUT2D eigenvalue weighted by molar-refractivity contribution is -0.385. The molecule has 6 heteroatoms. The second kappa shape index (κ2) is 4.15. The highest BCUT2D eigenvalue weighted by molar-refractivity contribution is 6.31. The maximum atomic E-state index is 12.6. The SMILES string of the molecule is O=C(CCl)c1ccc(F)cc1[N+](=O)[O-]. The van der Waals surface area contributed by atoms with Crippen LogP contribution in [-0.4, -0.2) is 16.6 Å². The van der Waals surface area contributed by atoms with Crippen LogP contribution in [0.4, 0.5) is 10.1 Å². The third-order valence-corrected chi connectivity index (χ3v) is 1.82. The summed E-state index contributed by atoms with van der Waals surface area (Å²) in [6.07, 6.45) is 0. The van der Waals surface area contributed by atoms with Gasteiger partial charge < -0.3 is 0 Å². The second-order valence-corrected chi connectivity index (χ2v) is 2.74. The summed E-state index contributed by atoms with van der Waals surface area (Å²) in [5.74, 6) is -1.73. The van der Waals surface area contributed by atoms with E-state index < -0.39 is 22.2 Å². The molecule has 0 aliphatic heterocycles. The van der Waals surface area contributed by atoms with Gasteiger partial charge in [-0.2, -0.15) is 0 Å². The molecule has 74 valence electrons. The largest absolute Gasteiger partial charge is 0.293 e. The van der Waals surface area contributed by atoms with E-state index in [9.17, 15) is 19.3 Å². The number of halogens is 2. The molecule has 0 aromatic heterocycles. The third-order valence-electron chi connectivity index (χ3n) is 1.58. The van der Waals surface area contributed by atoms with Crippen molar-refractivity contribution in [3.63, 3.8) is 0 Å². The fourth-order valence-corrected chi connectivity index (χ4v) is 1.11. The molecule has 1 rings (SSSR count). The Labute approximate surface area is 83.4 Å². The predicted molar refractivity (Wildman–Crippen MR) is 48.1 cm³/mol. The van der Waals surface area contributed by atoms with Crippen LogP contribution in [0.5, 0.6) is 0 Å². The maximum Gasteiger partial charge on any atom is 0.283 e. The van der Waals surface area contributed by atoms with Crippen molar-refractivity contribution in [3.8, 4) is 0 Å². The first kappa shape index (κ1) is 10.6. The van der Waals surface area contributed by atoms with Crippen LogP contribution in [0.3, 0.4) is 0 Å². The summed E-state index contributed by atoms with van der Waals surface area (Å²) in [5.41, 5.74) is -0.734. The van der Waals surface area contributed by atoms with Crippen LogP contribution < -0.4 is 0 Å². The summed E-state index contributed by atoms with van der Waals surface area (Å²) in [6, 6.07) is 2.73. The summed E-state index contributed by atoms with van der Waals surface area (Å²) in [6.45, 7) is 0. The lowest BCUT2D eigenvalue weighted by Crippen LogP contribution is -2.05. The van der Waals surface area contributed by atoms with Gasteiger partial charge in [0.05, 0.1) is 22.4 Å². The third kappa shape index (κ3) is 2.05. The molecule has 0 aliphatic carbocycles. The van der Waals surface area contributed by atoms with Gasteiger partial charge in [-0.1, -0.05) is 0 Å². The number of nitro benzene ring substituents is 1. The molecule has 1 aromatic rings. The Morgan fingerprint density at radius 1 is 1.57 bits per heavy atom. The highest BCUT2D eigenvalue weighted by atomic mass is 35.5. The monoisotopic (exact) mass is 217 g/mol. The van der Waals surface area contributed by atoms with E-state index in [0.29, 0.717) is 6.07 Å². The van der Waals surface area contributed by atoms with Crippen LogP contribution in [0.2, 0.25) is 0 Å². The number of hydrogen-bond acceptors (Lipinski definition) is 3. The van der Waals surface area contributed by atoms with E-state index >= 15 is 0 Å². The molecule has 0 N–H and O–H groups in total. The molecule has 0 aliphatic rings. The fourth-order valence-electron chi connectivity index (χ4n) is 0.964. The molecule has 0 atom stereocenters. The summed E-state index contributed by atoms with van der Waals surface area (Å²) >= 11 is 5.24. The van der Waals surface area contributed by atoms with Crippen LogP contribution in [0.1, 0.15) is 10.4 Å². The highest BCUT2D eigenvalue weighted by Gasteiger charge is 2.19. The molecule has 0 amide bonds. The number of benzene rings is 1. The first-order valence-corrected chi connectivity index (χ1v) is 4.13. The average Bonchev–Trinajstić information content (AvgIpc) is 2.16. The molecular formula is C8H5ClFNO3. The Morgan fingerprint density at radius 2 is 2.21 bits per heavy atom. The smallest absolute Gasteiger partial charge is 0.283 e. The van der Waals surface area contributed by atoms with E-state index in [1.54, 1.807) is 0 Å². The standard InChI is InChI=1S/C8H5ClFNO3/c9-4-8(12)6-2-1-5(10)3-7(6)11(13)14/h1-3H,4H2. The normalized spacial score (nSPS) is 9.86. The zero-order valence-electron chi connectivity index (χ0n) is 6.87. The molecule has 0 radical (unpaired) electrons. The van der Waals surface area contributed by atoms with Crippen molar-refractivity contribution in [1.29, 1.82) is 0 Å². The number of nitro groups is 1. The number of rotatable bonds is 3. The van der Waals surface area contributed by atoms with E-state index in [1.807, 2.05) is 0 Å². The van der Waals surface area contributed by atoms with E-state index in [2.05, 4.69) is 0 Å². The van der Waals surface area contributed by atoms with Gasteiger partial charge in [-0.25, -0.2) is 4.39 Å². The number of alkyl halides is 1. The van der Waals surface area contributed by atoms with E-state index in [0.717, 1.165) is 12.1 Å². The van der Waals surface area contributed by atoms with E-state index in [1.165, 1.54) is 0 Å². The van der Waals surface area contributed by atoms with Gasteiger partial charge in [-0.05, 0) is 12.1 Å². The minimum absolute atomic E-state index is 0.175. The summed E-state index contributed by atoms with van der Waals surface area (Å²) < 4.78 is 12.6. The van der Waals surface area contributed by atoms with Gasteiger partial charge in [-0.15, -0.1) is 11.6 Å². The minimum atomic E-state index is -0.817. The van der Waals surface area contributed by atoms with Gasteiger partial charge >= 0.3 is 0 Å². The van der Waals surface area contributed by atoms with E-state index in [4.69, 9.17) is 11.6 Å². The highest BCUT2D eigenvalue weighted by Crippen LogP contribution is 2.20. The molecule has 0 bridgehead atoms. The molecule has 0 unspecified atom stereocenters. The van der Waals surface area contributed by atoms with E-state index in [-0.39, 0.29) is 11.4 Å². The molecule has 14 heavy (non-hydrogen) atoms. The Bertz CT molecular complexity index is 394. The van der Waals surface area contributed by atoms with Gasteiger partial charge in [0.1, 0.15) is 5.82 Å². The van der Waals surface area contributed by atoms with Gasteiger partial charge in [0.15, 0.2) is 5.78 Å². The first-order chi connectivity index (χ1) is 6.56. The predicted octanol–water partition coefficient (Wildman–Crippen LogP) is 2.16. The molecule has 4 nitrogen and oxygen atoms in total. The number of carbonyl (C=O) groups excluding carboxylic acids is 1. The number of nitrogens with zero attached hydrogens (tertiary/aromatic N) is 1. The number of ketones is 1. The minimum Gasteiger partial charge on any atom is -0.293 e. The van der Waals surface area contributed by atoms with Crippen LogP contribution in [0, 0.1) is 15.9 Å². The Hall–Kier alpha value is -1.49. The van der Waals surface area contributed by atoms with Crippen molar-refractivity contribution < 1.29 is 14.1 Å². The van der Waals surface area contributed by atoms with Crippen molar-refractivity contribution in [1.82, 2.24) is 0 Å². The number of hydrogen-bond donors (Lipinski definition) is 0. The molecule has 0 saturated heterocycles. The lowest BCUT2D eigenvalue weighted by atomic mass is 10.1. The topological polar surface area (TPSA) is 60.2 Å². The van der Waals surface area contributed by atoms with Crippen LogP contribution in [0.15, 0.2) is 18.2 Å². The summed E-state index contributed by atoms with van der Waals surface area (Å²) in [5, 5.41) is 10.4. The quantitative estimate of drug-likeness (QED) is 0.337. The van der Waals surface area contributed by atoms with Crippen molar-refractivity contribution in [2.24, 2.45) is 0 Å². The second-order valence-electron chi connectivity index (χ2n) is 2.48. The fraction of sp³-hybridized carbons (Fsp3) is 0.125. The van der Waals surface area contributed by atoms with Crippen LogP contribution >= 0.6 is 11.6 Å². The number of carbonyl (C=O) groups is 1. The van der Waals surface area contributed by atoms with Gasteiger partial charge in [0, 0.05) is 0 Å². The van der Waals surface area contributed by atoms with Gasteiger partial charge in [-0.3, -0.25) is 14.9 Å². The first-order valence-electron chi connectivity index (χ1n) is 3.59. The molecular weight excluding hydrogens is 213 g/mol. The molecule has 0 fully saturated rings.